The molecule has 0 bridgehead atoms. The molecule has 0 unspecified atom stereocenters. The number of aryl methyl sites for hydroxylation is 3. The molecule has 116 valence electrons. The van der Waals surface area contributed by atoms with Gasteiger partial charge in [-0.25, -0.2) is 9.41 Å². The summed E-state index contributed by atoms with van der Waals surface area (Å²) in [6, 6.07) is 15.0. The van der Waals surface area contributed by atoms with E-state index in [1.54, 1.807) is 0 Å². The van der Waals surface area contributed by atoms with Crippen LogP contribution in [0.15, 0.2) is 48.7 Å². The molecule has 0 radical (unpaired) electrons. The smallest absolute Gasteiger partial charge is 0.212 e. The largest absolute Gasteiger partial charge is 0.238 e. The predicted molar refractivity (Wildman–Crippen MR) is 97.0 cm³/mol. The van der Waals surface area contributed by atoms with Crippen molar-refractivity contribution in [3.05, 3.63) is 82.3 Å². The van der Waals surface area contributed by atoms with Crippen LogP contribution in [0.25, 0.3) is 27.2 Å². The Labute approximate surface area is 142 Å². The van der Waals surface area contributed by atoms with Crippen molar-refractivity contribution in [3.8, 4) is 22.4 Å². The highest BCUT2D eigenvalue weighted by atomic mass is 14.9. The van der Waals surface area contributed by atoms with Crippen LogP contribution in [0.1, 0.15) is 22.3 Å². The summed E-state index contributed by atoms with van der Waals surface area (Å²) in [5.74, 6) is 0. The number of hydrogen-bond acceptors (Lipinski definition) is 0. The van der Waals surface area contributed by atoms with E-state index in [1.165, 1.54) is 39.1 Å². The monoisotopic (exact) mass is 311 g/mol. The van der Waals surface area contributed by atoms with Crippen LogP contribution in [0.4, 0.5) is 5.69 Å². The van der Waals surface area contributed by atoms with E-state index in [-0.39, 0.29) is 0 Å². The Morgan fingerprint density at radius 3 is 2.58 bits per heavy atom. The summed E-state index contributed by atoms with van der Waals surface area (Å²) in [5, 5.41) is 0. The van der Waals surface area contributed by atoms with E-state index in [9.17, 15) is 0 Å². The van der Waals surface area contributed by atoms with Crippen molar-refractivity contribution in [2.45, 2.75) is 20.3 Å². The molecule has 0 fully saturated rings. The molecule has 0 aliphatic heterocycles. The molecular formula is C22H19N2+. The van der Waals surface area contributed by atoms with Gasteiger partial charge in [0.25, 0.3) is 0 Å². The SMILES string of the molecule is [C-]#[N+]c1cc2c(cc1C)-c1ccc(C)c(-c3cccc[n+]3C)c1C2. The van der Waals surface area contributed by atoms with Crippen LogP contribution < -0.4 is 4.57 Å². The summed E-state index contributed by atoms with van der Waals surface area (Å²) in [6.45, 7) is 11.6. The zero-order valence-corrected chi connectivity index (χ0v) is 14.2. The third kappa shape index (κ3) is 2.06. The Bertz CT molecular complexity index is 1020. The standard InChI is InChI=1S/C22H19N2/c1-14-8-9-17-18-11-15(2)20(23-3)13-16(18)12-19(17)22(14)21-7-5-6-10-24(21)4/h5-11,13H,12H2,1-2,4H3/q+1. The van der Waals surface area contributed by atoms with Gasteiger partial charge in [0.05, 0.1) is 12.1 Å². The molecule has 0 N–H and O–H groups in total. The van der Waals surface area contributed by atoms with E-state index in [0.29, 0.717) is 0 Å². The zero-order valence-electron chi connectivity index (χ0n) is 14.2. The van der Waals surface area contributed by atoms with Crippen molar-refractivity contribution in [2.24, 2.45) is 7.05 Å². The van der Waals surface area contributed by atoms with E-state index >= 15 is 0 Å². The summed E-state index contributed by atoms with van der Waals surface area (Å²) >= 11 is 0. The molecule has 0 atom stereocenters. The average Bonchev–Trinajstić information content (AvgIpc) is 2.92. The molecule has 0 saturated carbocycles. The van der Waals surface area contributed by atoms with Crippen molar-refractivity contribution in [1.82, 2.24) is 0 Å². The Morgan fingerprint density at radius 2 is 1.83 bits per heavy atom. The number of benzene rings is 2. The van der Waals surface area contributed by atoms with Crippen LogP contribution in [-0.2, 0) is 13.5 Å². The Kier molecular flexibility index (Phi) is 3.25. The lowest BCUT2D eigenvalue weighted by molar-refractivity contribution is -0.660. The first-order chi connectivity index (χ1) is 11.6. The summed E-state index contributed by atoms with van der Waals surface area (Å²) in [7, 11) is 2.09. The van der Waals surface area contributed by atoms with Crippen LogP contribution in [0.2, 0.25) is 0 Å². The van der Waals surface area contributed by atoms with Gasteiger partial charge in [-0.05, 0) is 59.7 Å². The number of aromatic nitrogens is 1. The topological polar surface area (TPSA) is 8.24 Å². The number of nitrogens with zero attached hydrogens (tertiary/aromatic N) is 2. The number of hydrogen-bond donors (Lipinski definition) is 0. The number of fused-ring (bicyclic) bond motifs is 3. The van der Waals surface area contributed by atoms with E-state index in [4.69, 9.17) is 6.57 Å². The minimum atomic E-state index is 0.769. The fourth-order valence-electron chi connectivity index (χ4n) is 3.79. The summed E-state index contributed by atoms with van der Waals surface area (Å²) < 4.78 is 2.18. The molecule has 2 nitrogen and oxygen atoms in total. The molecule has 24 heavy (non-hydrogen) atoms. The second-order valence-electron chi connectivity index (χ2n) is 6.56. The molecule has 4 rings (SSSR count). The lowest BCUT2D eigenvalue weighted by atomic mass is 9.94. The molecule has 1 heterocycles. The van der Waals surface area contributed by atoms with Crippen molar-refractivity contribution in [3.63, 3.8) is 0 Å². The van der Waals surface area contributed by atoms with Crippen LogP contribution >= 0.6 is 0 Å². The minimum Gasteiger partial charge on any atom is -0.238 e. The fourth-order valence-corrected chi connectivity index (χ4v) is 3.79. The van der Waals surface area contributed by atoms with Gasteiger partial charge in [-0.15, -0.1) is 0 Å². The van der Waals surface area contributed by atoms with Gasteiger partial charge in [0, 0.05) is 12.1 Å². The molecule has 1 aliphatic rings. The highest BCUT2D eigenvalue weighted by Gasteiger charge is 2.26. The first-order valence-electron chi connectivity index (χ1n) is 8.19. The van der Waals surface area contributed by atoms with Gasteiger partial charge in [-0.1, -0.05) is 24.3 Å². The molecule has 3 aromatic rings. The number of pyridine rings is 1. The lowest BCUT2D eigenvalue weighted by Crippen LogP contribution is -2.30. The van der Waals surface area contributed by atoms with E-state index in [0.717, 1.165) is 17.7 Å². The molecular weight excluding hydrogens is 292 g/mol. The van der Waals surface area contributed by atoms with Crippen molar-refractivity contribution < 1.29 is 4.57 Å². The van der Waals surface area contributed by atoms with Gasteiger partial charge in [0.1, 0.15) is 7.05 Å². The maximum atomic E-state index is 7.37. The molecule has 1 aliphatic carbocycles. The Hall–Kier alpha value is -2.92. The lowest BCUT2D eigenvalue weighted by Gasteiger charge is -2.10. The number of rotatable bonds is 1. The van der Waals surface area contributed by atoms with Gasteiger partial charge in [0.2, 0.25) is 5.69 Å². The van der Waals surface area contributed by atoms with Gasteiger partial charge in [-0.2, -0.15) is 0 Å². The quantitative estimate of drug-likeness (QED) is 0.348. The maximum Gasteiger partial charge on any atom is 0.212 e. The highest BCUT2D eigenvalue weighted by Crippen LogP contribution is 2.44. The molecule has 2 aromatic carbocycles. The molecule has 0 amide bonds. The second-order valence-corrected chi connectivity index (χ2v) is 6.56. The zero-order chi connectivity index (χ0) is 16.8. The average molecular weight is 311 g/mol. The summed E-state index contributed by atoms with van der Waals surface area (Å²) in [6.07, 6.45) is 3.00. The predicted octanol–water partition coefficient (Wildman–Crippen LogP) is 4.92. The highest BCUT2D eigenvalue weighted by molar-refractivity contribution is 5.86. The normalized spacial score (nSPS) is 11.8. The first kappa shape index (κ1) is 14.7. The minimum absolute atomic E-state index is 0.769. The molecule has 0 spiro atoms. The van der Waals surface area contributed by atoms with Gasteiger partial charge < -0.3 is 0 Å². The van der Waals surface area contributed by atoms with Gasteiger partial charge >= 0.3 is 0 Å². The Morgan fingerprint density at radius 1 is 1.00 bits per heavy atom. The third-order valence-corrected chi connectivity index (χ3v) is 5.03. The van der Waals surface area contributed by atoms with Crippen molar-refractivity contribution >= 4 is 5.69 Å². The summed E-state index contributed by atoms with van der Waals surface area (Å²) in [4.78, 5) is 3.67. The summed E-state index contributed by atoms with van der Waals surface area (Å²) in [5.41, 5.74) is 10.9. The molecule has 0 saturated heterocycles. The fraction of sp³-hybridized carbons (Fsp3) is 0.182. The third-order valence-electron chi connectivity index (χ3n) is 5.03. The Balaban J connectivity index is 1.99. The van der Waals surface area contributed by atoms with E-state index in [2.05, 4.69) is 72.0 Å². The van der Waals surface area contributed by atoms with Crippen LogP contribution in [0.5, 0.6) is 0 Å². The maximum absolute atomic E-state index is 7.37. The van der Waals surface area contributed by atoms with Crippen molar-refractivity contribution in [1.29, 1.82) is 0 Å². The second kappa shape index (κ2) is 5.32. The first-order valence-corrected chi connectivity index (χ1v) is 8.19. The van der Waals surface area contributed by atoms with E-state index < -0.39 is 0 Å². The van der Waals surface area contributed by atoms with Crippen LogP contribution in [0, 0.1) is 20.4 Å². The van der Waals surface area contributed by atoms with Gasteiger partial charge in [-0.3, -0.25) is 0 Å². The van der Waals surface area contributed by atoms with Crippen molar-refractivity contribution in [2.75, 3.05) is 0 Å². The molecule has 2 heteroatoms. The van der Waals surface area contributed by atoms with Crippen LogP contribution in [0.3, 0.4) is 0 Å². The van der Waals surface area contributed by atoms with E-state index in [1.807, 2.05) is 6.92 Å². The van der Waals surface area contributed by atoms with Gasteiger partial charge in [0.15, 0.2) is 11.9 Å². The van der Waals surface area contributed by atoms with Crippen LogP contribution in [-0.4, -0.2) is 0 Å². The molecule has 1 aromatic heterocycles.